The van der Waals surface area contributed by atoms with Gasteiger partial charge in [0.05, 0.1) is 0 Å². The van der Waals surface area contributed by atoms with Crippen LogP contribution in [-0.2, 0) is 10.9 Å². The molecule has 0 fully saturated rings. The predicted octanol–water partition coefficient (Wildman–Crippen LogP) is 5.31. The average molecular weight is 281 g/mol. The smallest absolute Gasteiger partial charge is 0.208 e. The van der Waals surface area contributed by atoms with Gasteiger partial charge >= 0.3 is 0 Å². The third-order valence-corrected chi connectivity index (χ3v) is 5.77. The quantitative estimate of drug-likeness (QED) is 0.547. The maximum atomic E-state index is 6.03. The van der Waals surface area contributed by atoms with Crippen molar-refractivity contribution in [1.29, 1.82) is 0 Å². The summed E-state index contributed by atoms with van der Waals surface area (Å²) >= 11 is 0. The summed E-state index contributed by atoms with van der Waals surface area (Å²) < 4.78 is 6.03. The lowest BCUT2D eigenvalue weighted by molar-refractivity contribution is 0.453. The van der Waals surface area contributed by atoms with Crippen LogP contribution in [0.4, 0.5) is 0 Å². The van der Waals surface area contributed by atoms with E-state index < -0.39 is 0 Å². The van der Waals surface area contributed by atoms with Crippen molar-refractivity contribution in [2.75, 3.05) is 0 Å². The van der Waals surface area contributed by atoms with E-state index in [0.717, 1.165) is 17.9 Å². The maximum Gasteiger partial charge on any atom is 0.208 e. The molecule has 0 aliphatic carbocycles. The second kappa shape index (κ2) is 5.59. The lowest BCUT2D eigenvalue weighted by Crippen LogP contribution is -2.13. The molecular weight excluding hydrogens is 264 g/mol. The summed E-state index contributed by atoms with van der Waals surface area (Å²) in [6.45, 7) is 5.99. The third kappa shape index (κ3) is 2.16. The first-order valence-electron chi connectivity index (χ1n) is 6.71. The highest BCUT2D eigenvalue weighted by molar-refractivity contribution is 8.00. The van der Waals surface area contributed by atoms with E-state index in [1.165, 1.54) is 14.7 Å². The number of hydrogen-bond donors (Lipinski definition) is 0. The van der Waals surface area contributed by atoms with Crippen molar-refractivity contribution in [3.8, 4) is 11.5 Å². The molecule has 1 aliphatic heterocycles. The van der Waals surface area contributed by atoms with Crippen LogP contribution in [-0.4, -0.2) is 0 Å². The molecule has 0 bridgehead atoms. The first-order valence-corrected chi connectivity index (χ1v) is 7.94. The van der Waals surface area contributed by atoms with Gasteiger partial charge in [0.2, 0.25) is 9.79 Å². The molecule has 20 heavy (non-hydrogen) atoms. The number of fused-ring (bicyclic) bond motifs is 2. The highest BCUT2D eigenvalue weighted by atomic mass is 32.2. The van der Waals surface area contributed by atoms with E-state index >= 15 is 0 Å². The van der Waals surface area contributed by atoms with Gasteiger partial charge in [-0.05, 0) is 37.3 Å². The van der Waals surface area contributed by atoms with E-state index in [1.807, 2.05) is 30.3 Å². The van der Waals surface area contributed by atoms with Gasteiger partial charge in [0.25, 0.3) is 0 Å². The molecule has 0 saturated carbocycles. The van der Waals surface area contributed by atoms with Crippen molar-refractivity contribution in [3.05, 3.63) is 72.2 Å². The van der Waals surface area contributed by atoms with E-state index in [0.29, 0.717) is 0 Å². The lowest BCUT2D eigenvalue weighted by Gasteiger charge is -2.20. The van der Waals surface area contributed by atoms with Crippen LogP contribution in [0.5, 0.6) is 11.5 Å². The van der Waals surface area contributed by atoms with Gasteiger partial charge in [-0.1, -0.05) is 30.3 Å². The van der Waals surface area contributed by atoms with Gasteiger partial charge in [-0.2, -0.15) is 0 Å². The van der Waals surface area contributed by atoms with Crippen molar-refractivity contribution in [3.63, 3.8) is 0 Å². The molecule has 0 amide bonds. The molecule has 0 atom stereocenters. The molecule has 0 spiro atoms. The summed E-state index contributed by atoms with van der Waals surface area (Å²) in [5.74, 6) is 1.94. The molecule has 3 rings (SSSR count). The number of rotatable bonds is 3. The Labute approximate surface area is 122 Å². The fraction of sp³-hybridized carbons (Fsp3) is 0.111. The van der Waals surface area contributed by atoms with Crippen molar-refractivity contribution in [1.82, 2.24) is 0 Å². The molecule has 0 unspecified atom stereocenters. The Balaban J connectivity index is 2.19. The van der Waals surface area contributed by atoms with Crippen LogP contribution in [0.2, 0.25) is 0 Å². The van der Waals surface area contributed by atoms with Gasteiger partial charge < -0.3 is 4.74 Å². The van der Waals surface area contributed by atoms with Crippen LogP contribution in [0.15, 0.2) is 82.0 Å². The van der Waals surface area contributed by atoms with Crippen molar-refractivity contribution in [2.24, 2.45) is 0 Å². The number of hydrogen-bond acceptors (Lipinski definition) is 1. The van der Waals surface area contributed by atoms with Gasteiger partial charge in [0.1, 0.15) is 15.8 Å². The van der Waals surface area contributed by atoms with Crippen LogP contribution in [0.25, 0.3) is 0 Å². The predicted molar refractivity (Wildman–Crippen MR) is 85.4 cm³/mol. The standard InChI is InChI=1S/C18H17OS/c1-3-9-14(4-2)20-17-12-7-5-10-15(17)19-16-11-6-8-13-18(16)20/h3-8,10-13H,1,9H2,2H3/q+1/b14-4-. The van der Waals surface area contributed by atoms with Gasteiger partial charge in [-0.25, -0.2) is 0 Å². The van der Waals surface area contributed by atoms with Crippen molar-refractivity contribution in [2.45, 2.75) is 23.1 Å². The fourth-order valence-electron chi connectivity index (χ4n) is 2.39. The van der Waals surface area contributed by atoms with Gasteiger partial charge in [0.15, 0.2) is 11.5 Å². The van der Waals surface area contributed by atoms with E-state index in [-0.39, 0.29) is 10.9 Å². The zero-order chi connectivity index (χ0) is 13.9. The minimum atomic E-state index is -0.0674. The highest BCUT2D eigenvalue weighted by Crippen LogP contribution is 2.46. The Morgan fingerprint density at radius 2 is 1.60 bits per heavy atom. The summed E-state index contributed by atoms with van der Waals surface area (Å²) in [5.41, 5.74) is 0. The Hall–Kier alpha value is -1.93. The SMILES string of the molecule is C=CC/C(=C/C)[S+]1c2ccccc2Oc2ccccc21. The topological polar surface area (TPSA) is 9.23 Å². The molecule has 1 aliphatic rings. The molecule has 1 nitrogen and oxygen atoms in total. The summed E-state index contributed by atoms with van der Waals surface area (Å²) in [6.07, 6.45) is 5.09. The van der Waals surface area contributed by atoms with E-state index in [9.17, 15) is 0 Å². The van der Waals surface area contributed by atoms with Gasteiger partial charge in [0, 0.05) is 6.42 Å². The minimum Gasteiger partial charge on any atom is -0.447 e. The number of allylic oxidation sites excluding steroid dienone is 3. The summed E-state index contributed by atoms with van der Waals surface area (Å²) in [6, 6.07) is 16.6. The second-order valence-electron chi connectivity index (χ2n) is 4.55. The Bertz CT molecular complexity index is 627. The number of ether oxygens (including phenoxy) is 1. The van der Waals surface area contributed by atoms with Crippen LogP contribution < -0.4 is 4.74 Å². The normalized spacial score (nSPS) is 14.2. The number of benzene rings is 2. The zero-order valence-corrected chi connectivity index (χ0v) is 12.3. The van der Waals surface area contributed by atoms with E-state index in [4.69, 9.17) is 4.74 Å². The average Bonchev–Trinajstić information content (AvgIpc) is 2.50. The molecule has 2 aromatic rings. The Morgan fingerprint density at radius 1 is 1.05 bits per heavy atom. The third-order valence-electron chi connectivity index (χ3n) is 3.29. The first kappa shape index (κ1) is 13.1. The van der Waals surface area contributed by atoms with Gasteiger partial charge in [-0.15, -0.1) is 6.58 Å². The molecule has 0 saturated heterocycles. The molecular formula is C18H17OS+. The van der Waals surface area contributed by atoms with Crippen molar-refractivity contribution >= 4 is 10.9 Å². The largest absolute Gasteiger partial charge is 0.447 e. The van der Waals surface area contributed by atoms with Crippen LogP contribution in [0, 0.1) is 0 Å². The van der Waals surface area contributed by atoms with Crippen molar-refractivity contribution < 1.29 is 4.74 Å². The molecule has 0 aromatic heterocycles. The van der Waals surface area contributed by atoms with Crippen LogP contribution >= 0.6 is 0 Å². The summed E-state index contributed by atoms with van der Waals surface area (Å²) in [7, 11) is -0.0674. The number of para-hydroxylation sites is 2. The van der Waals surface area contributed by atoms with Crippen LogP contribution in [0.1, 0.15) is 13.3 Å². The zero-order valence-electron chi connectivity index (χ0n) is 11.5. The highest BCUT2D eigenvalue weighted by Gasteiger charge is 2.39. The molecule has 2 heteroatoms. The Morgan fingerprint density at radius 3 is 2.10 bits per heavy atom. The second-order valence-corrected chi connectivity index (χ2v) is 6.57. The van der Waals surface area contributed by atoms with E-state index in [1.54, 1.807) is 0 Å². The Kier molecular flexibility index (Phi) is 3.66. The summed E-state index contributed by atoms with van der Waals surface area (Å²) in [4.78, 5) is 3.92. The monoisotopic (exact) mass is 281 g/mol. The van der Waals surface area contributed by atoms with E-state index in [2.05, 4.69) is 43.8 Å². The molecule has 100 valence electrons. The lowest BCUT2D eigenvalue weighted by atomic mass is 10.3. The molecule has 0 N–H and O–H groups in total. The molecule has 0 radical (unpaired) electrons. The van der Waals surface area contributed by atoms with Crippen LogP contribution in [0.3, 0.4) is 0 Å². The van der Waals surface area contributed by atoms with Gasteiger partial charge in [-0.3, -0.25) is 0 Å². The molecule has 1 heterocycles. The first-order chi connectivity index (χ1) is 9.85. The molecule has 2 aromatic carbocycles. The minimum absolute atomic E-state index is 0.0674. The fourth-order valence-corrected chi connectivity index (χ4v) is 4.76. The summed E-state index contributed by atoms with van der Waals surface area (Å²) in [5, 5.41) is 0. The maximum absolute atomic E-state index is 6.03.